The van der Waals surface area contributed by atoms with E-state index < -0.39 is 0 Å². The van der Waals surface area contributed by atoms with E-state index in [2.05, 4.69) is 27.4 Å². The number of carbonyl (C=O) groups is 1. The van der Waals surface area contributed by atoms with Gasteiger partial charge in [0, 0.05) is 43.0 Å². The zero-order chi connectivity index (χ0) is 15.4. The molecule has 0 aliphatic carbocycles. The number of hydrogen-bond donors (Lipinski definition) is 0. The van der Waals surface area contributed by atoms with Gasteiger partial charge in [-0.15, -0.1) is 22.7 Å². The molecule has 0 spiro atoms. The Morgan fingerprint density at radius 1 is 1.27 bits per heavy atom. The Balaban J connectivity index is 1.52. The Hall–Kier alpha value is -1.24. The van der Waals surface area contributed by atoms with Gasteiger partial charge in [0.15, 0.2) is 0 Å². The second-order valence-corrected chi connectivity index (χ2v) is 7.72. The Bertz CT molecular complexity index is 609. The van der Waals surface area contributed by atoms with Gasteiger partial charge in [-0.05, 0) is 24.8 Å². The quantitative estimate of drug-likeness (QED) is 0.862. The topological polar surface area (TPSA) is 36.4 Å². The van der Waals surface area contributed by atoms with Crippen LogP contribution in [0.15, 0.2) is 22.9 Å². The number of hydrogen-bond acceptors (Lipinski definition) is 5. The second-order valence-electron chi connectivity index (χ2n) is 5.62. The molecule has 2 aromatic heterocycles. The zero-order valence-corrected chi connectivity index (χ0v) is 14.5. The number of aromatic nitrogens is 1. The summed E-state index contributed by atoms with van der Waals surface area (Å²) in [6.45, 7) is 6.70. The van der Waals surface area contributed by atoms with E-state index in [1.807, 2.05) is 17.2 Å². The third-order valence-electron chi connectivity index (χ3n) is 3.90. The highest BCUT2D eigenvalue weighted by Gasteiger charge is 2.20. The predicted octanol–water partition coefficient (Wildman–Crippen LogP) is 2.79. The van der Waals surface area contributed by atoms with Gasteiger partial charge in [-0.25, -0.2) is 4.98 Å². The first-order chi connectivity index (χ1) is 10.7. The summed E-state index contributed by atoms with van der Waals surface area (Å²) in [5.74, 6) is 0.211. The molecule has 3 rings (SSSR count). The van der Waals surface area contributed by atoms with Crippen LogP contribution in [0.2, 0.25) is 0 Å². The first-order valence-electron chi connectivity index (χ1n) is 7.64. The summed E-state index contributed by atoms with van der Waals surface area (Å²) in [6, 6.07) is 4.28. The maximum atomic E-state index is 12.4. The zero-order valence-electron chi connectivity index (χ0n) is 12.8. The van der Waals surface area contributed by atoms with Gasteiger partial charge < -0.3 is 4.90 Å². The molecule has 1 amide bonds. The normalized spacial score (nSPS) is 16.7. The van der Waals surface area contributed by atoms with Crippen molar-refractivity contribution in [1.82, 2.24) is 14.8 Å². The molecule has 4 nitrogen and oxygen atoms in total. The number of thiophene rings is 1. The molecule has 0 aromatic carbocycles. The SMILES string of the molecule is Cc1nc(CC(=O)N2CCCN(Cc3cccs3)CC2)cs1. The Labute approximate surface area is 139 Å². The number of carbonyl (C=O) groups excluding carboxylic acids is 1. The van der Waals surface area contributed by atoms with Gasteiger partial charge in [-0.3, -0.25) is 9.69 Å². The van der Waals surface area contributed by atoms with Crippen molar-refractivity contribution in [3.63, 3.8) is 0 Å². The maximum absolute atomic E-state index is 12.4. The van der Waals surface area contributed by atoms with Gasteiger partial charge in [-0.2, -0.15) is 0 Å². The van der Waals surface area contributed by atoms with Crippen LogP contribution in [-0.4, -0.2) is 46.9 Å². The summed E-state index contributed by atoms with van der Waals surface area (Å²) in [4.78, 5) is 22.7. The highest BCUT2D eigenvalue weighted by atomic mass is 32.1. The van der Waals surface area contributed by atoms with E-state index in [1.165, 1.54) is 4.88 Å². The third-order valence-corrected chi connectivity index (χ3v) is 5.58. The van der Waals surface area contributed by atoms with Crippen molar-refractivity contribution in [2.24, 2.45) is 0 Å². The van der Waals surface area contributed by atoms with E-state index in [4.69, 9.17) is 0 Å². The van der Waals surface area contributed by atoms with Crippen LogP contribution in [0.1, 0.15) is 22.0 Å². The van der Waals surface area contributed by atoms with Crippen LogP contribution in [0.25, 0.3) is 0 Å². The molecule has 1 saturated heterocycles. The standard InChI is InChI=1S/C16H21N3OS2/c1-13-17-14(12-22-13)10-16(20)19-6-3-5-18(7-8-19)11-15-4-2-9-21-15/h2,4,9,12H,3,5-8,10-11H2,1H3. The van der Waals surface area contributed by atoms with Crippen molar-refractivity contribution in [1.29, 1.82) is 0 Å². The van der Waals surface area contributed by atoms with E-state index in [0.29, 0.717) is 6.42 Å². The Morgan fingerprint density at radius 2 is 2.18 bits per heavy atom. The molecule has 22 heavy (non-hydrogen) atoms. The monoisotopic (exact) mass is 335 g/mol. The Kier molecular flexibility index (Phi) is 5.23. The molecule has 3 heterocycles. The van der Waals surface area contributed by atoms with E-state index in [0.717, 1.165) is 49.8 Å². The summed E-state index contributed by atoms with van der Waals surface area (Å²) < 4.78 is 0. The van der Waals surface area contributed by atoms with E-state index in [1.54, 1.807) is 22.7 Å². The minimum Gasteiger partial charge on any atom is -0.341 e. The first kappa shape index (κ1) is 15.6. The fraction of sp³-hybridized carbons (Fsp3) is 0.500. The summed E-state index contributed by atoms with van der Waals surface area (Å²) in [6.07, 6.45) is 1.49. The number of nitrogens with zero attached hydrogens (tertiary/aromatic N) is 3. The molecule has 6 heteroatoms. The molecule has 0 radical (unpaired) electrons. The van der Waals surface area contributed by atoms with Crippen LogP contribution in [0.3, 0.4) is 0 Å². The number of aryl methyl sites for hydroxylation is 1. The minimum absolute atomic E-state index is 0.211. The molecule has 0 bridgehead atoms. The molecule has 1 aliphatic heterocycles. The molecule has 118 valence electrons. The largest absolute Gasteiger partial charge is 0.341 e. The third kappa shape index (κ3) is 4.15. The van der Waals surface area contributed by atoms with Crippen molar-refractivity contribution in [3.8, 4) is 0 Å². The highest BCUT2D eigenvalue weighted by molar-refractivity contribution is 7.10. The van der Waals surface area contributed by atoms with Gasteiger partial charge >= 0.3 is 0 Å². The lowest BCUT2D eigenvalue weighted by molar-refractivity contribution is -0.130. The molecule has 2 aromatic rings. The van der Waals surface area contributed by atoms with E-state index in [9.17, 15) is 4.79 Å². The van der Waals surface area contributed by atoms with Gasteiger partial charge in [0.05, 0.1) is 17.1 Å². The van der Waals surface area contributed by atoms with Gasteiger partial charge in [-0.1, -0.05) is 6.07 Å². The average molecular weight is 335 g/mol. The second kappa shape index (κ2) is 7.35. The maximum Gasteiger partial charge on any atom is 0.228 e. The molecule has 0 saturated carbocycles. The first-order valence-corrected chi connectivity index (χ1v) is 9.40. The fourth-order valence-electron chi connectivity index (χ4n) is 2.76. The predicted molar refractivity (Wildman–Crippen MR) is 91.3 cm³/mol. The molecule has 1 aliphatic rings. The van der Waals surface area contributed by atoms with E-state index in [-0.39, 0.29) is 5.91 Å². The minimum atomic E-state index is 0.211. The van der Waals surface area contributed by atoms with Crippen LogP contribution >= 0.6 is 22.7 Å². The number of rotatable bonds is 4. The molecule has 0 unspecified atom stereocenters. The summed E-state index contributed by atoms with van der Waals surface area (Å²) in [7, 11) is 0. The van der Waals surface area contributed by atoms with Crippen molar-refractivity contribution in [3.05, 3.63) is 38.5 Å². The number of amides is 1. The van der Waals surface area contributed by atoms with Crippen molar-refractivity contribution < 1.29 is 4.79 Å². The van der Waals surface area contributed by atoms with Crippen LogP contribution in [0.4, 0.5) is 0 Å². The van der Waals surface area contributed by atoms with Crippen molar-refractivity contribution in [2.45, 2.75) is 26.3 Å². The lowest BCUT2D eigenvalue weighted by Gasteiger charge is -2.21. The highest BCUT2D eigenvalue weighted by Crippen LogP contribution is 2.15. The van der Waals surface area contributed by atoms with Crippen molar-refractivity contribution in [2.75, 3.05) is 26.2 Å². The Morgan fingerprint density at radius 3 is 2.91 bits per heavy atom. The molecular formula is C16H21N3OS2. The van der Waals surface area contributed by atoms with Gasteiger partial charge in [0.2, 0.25) is 5.91 Å². The summed E-state index contributed by atoms with van der Waals surface area (Å²) in [5.41, 5.74) is 0.909. The van der Waals surface area contributed by atoms with Crippen LogP contribution < -0.4 is 0 Å². The van der Waals surface area contributed by atoms with Crippen LogP contribution in [0, 0.1) is 6.92 Å². The van der Waals surface area contributed by atoms with Crippen molar-refractivity contribution >= 4 is 28.6 Å². The average Bonchev–Trinajstić information content (AvgIpc) is 3.07. The summed E-state index contributed by atoms with van der Waals surface area (Å²) in [5, 5.41) is 5.15. The molecule has 1 fully saturated rings. The van der Waals surface area contributed by atoms with Crippen LogP contribution in [0.5, 0.6) is 0 Å². The summed E-state index contributed by atoms with van der Waals surface area (Å²) >= 11 is 3.42. The molecular weight excluding hydrogens is 314 g/mol. The smallest absolute Gasteiger partial charge is 0.228 e. The molecule has 0 N–H and O–H groups in total. The lowest BCUT2D eigenvalue weighted by atomic mass is 10.3. The van der Waals surface area contributed by atoms with Crippen LogP contribution in [-0.2, 0) is 17.8 Å². The van der Waals surface area contributed by atoms with Gasteiger partial charge in [0.1, 0.15) is 0 Å². The lowest BCUT2D eigenvalue weighted by Crippen LogP contribution is -2.36. The van der Waals surface area contributed by atoms with Gasteiger partial charge in [0.25, 0.3) is 0 Å². The fourth-order valence-corrected chi connectivity index (χ4v) is 4.12. The number of thiazole rings is 1. The van der Waals surface area contributed by atoms with E-state index >= 15 is 0 Å². The molecule has 0 atom stereocenters.